The first-order valence-corrected chi connectivity index (χ1v) is 11.4. The van der Waals surface area contributed by atoms with E-state index in [4.69, 9.17) is 0 Å². The van der Waals surface area contributed by atoms with Crippen molar-refractivity contribution in [2.75, 3.05) is 0 Å². The molecule has 7 heteroatoms. The van der Waals surface area contributed by atoms with Crippen LogP contribution in [0.2, 0.25) is 0 Å². The zero-order chi connectivity index (χ0) is 21.6. The van der Waals surface area contributed by atoms with E-state index in [9.17, 15) is 19.5 Å². The van der Waals surface area contributed by atoms with E-state index in [-0.39, 0.29) is 0 Å². The fourth-order valence-electron chi connectivity index (χ4n) is 5.66. The molecule has 1 saturated heterocycles. The topological polar surface area (TPSA) is 74.7 Å². The van der Waals surface area contributed by atoms with Crippen LogP contribution in [0.4, 0.5) is 0 Å². The minimum absolute atomic E-state index is 0.407. The Morgan fingerprint density at radius 3 is 1.47 bits per heavy atom. The van der Waals surface area contributed by atoms with E-state index in [0.29, 0.717) is 0 Å². The maximum atomic E-state index is 13.7. The van der Waals surface area contributed by atoms with Crippen molar-refractivity contribution in [1.82, 2.24) is 4.90 Å². The van der Waals surface area contributed by atoms with Crippen molar-refractivity contribution < 1.29 is 19.5 Å². The Morgan fingerprint density at radius 2 is 1.20 bits per heavy atom. The minimum Gasteiger partial charge on any atom is -0.480 e. The average molecular weight is 533 g/mol. The van der Waals surface area contributed by atoms with Crippen LogP contribution in [0.3, 0.4) is 0 Å². The van der Waals surface area contributed by atoms with Crippen LogP contribution in [0, 0.1) is 17.8 Å². The molecule has 2 aromatic rings. The number of imide groups is 1. The fourth-order valence-corrected chi connectivity index (χ4v) is 7.96. The predicted molar refractivity (Wildman–Crippen MR) is 117 cm³/mol. The molecule has 1 fully saturated rings. The van der Waals surface area contributed by atoms with Crippen molar-refractivity contribution in [3.63, 3.8) is 0 Å². The van der Waals surface area contributed by atoms with E-state index in [1.165, 1.54) is 0 Å². The lowest BCUT2D eigenvalue weighted by molar-refractivity contribution is -0.157. The number of hydrogen-bond donors (Lipinski definition) is 1. The Kier molecular flexibility index (Phi) is 4.16. The van der Waals surface area contributed by atoms with Gasteiger partial charge in [-0.25, -0.2) is 4.79 Å². The maximum Gasteiger partial charge on any atom is 0.327 e. The van der Waals surface area contributed by atoms with Gasteiger partial charge in [0.25, 0.3) is 0 Å². The normalized spacial score (nSPS) is 32.1. The molecule has 0 saturated carbocycles. The SMILES string of the molecule is CC(C)[C@H](C(=O)O)N1C(=O)[C@H]2[C@H](C1=O)C1(Br)c3ccccc3C2(Br)c2ccccc21. The first kappa shape index (κ1) is 19.9. The van der Waals surface area contributed by atoms with Crippen LogP contribution in [-0.2, 0) is 23.0 Å². The van der Waals surface area contributed by atoms with E-state index in [1.54, 1.807) is 13.8 Å². The van der Waals surface area contributed by atoms with Gasteiger partial charge in [0.05, 0.1) is 20.5 Å². The molecule has 2 bridgehead atoms. The first-order chi connectivity index (χ1) is 14.2. The zero-order valence-corrected chi connectivity index (χ0v) is 19.5. The zero-order valence-electron chi connectivity index (χ0n) is 16.3. The van der Waals surface area contributed by atoms with Crippen molar-refractivity contribution in [2.24, 2.45) is 17.8 Å². The molecule has 0 aromatic heterocycles. The quantitative estimate of drug-likeness (QED) is 0.479. The molecule has 1 aliphatic heterocycles. The van der Waals surface area contributed by atoms with Gasteiger partial charge in [-0.2, -0.15) is 0 Å². The van der Waals surface area contributed by atoms with Crippen molar-refractivity contribution in [3.8, 4) is 0 Å². The molecule has 5 nitrogen and oxygen atoms in total. The highest BCUT2D eigenvalue weighted by Gasteiger charge is 2.73. The Bertz CT molecular complexity index is 1010. The summed E-state index contributed by atoms with van der Waals surface area (Å²) in [5.74, 6) is -3.92. The lowest BCUT2D eigenvalue weighted by atomic mass is 9.54. The van der Waals surface area contributed by atoms with Crippen molar-refractivity contribution in [2.45, 2.75) is 28.5 Å². The number of carbonyl (C=O) groups is 3. The van der Waals surface area contributed by atoms with Gasteiger partial charge in [0.1, 0.15) is 6.04 Å². The Hall–Kier alpha value is -1.99. The van der Waals surface area contributed by atoms with Crippen LogP contribution >= 0.6 is 31.9 Å². The number of amides is 2. The van der Waals surface area contributed by atoms with Crippen molar-refractivity contribution in [1.29, 1.82) is 0 Å². The number of carboxylic acid groups (broad SMARTS) is 1. The van der Waals surface area contributed by atoms with E-state index in [2.05, 4.69) is 31.9 Å². The minimum atomic E-state index is -1.20. The summed E-state index contributed by atoms with van der Waals surface area (Å²) >= 11 is 7.82. The average Bonchev–Trinajstić information content (AvgIpc) is 2.98. The van der Waals surface area contributed by atoms with E-state index in [0.717, 1.165) is 27.2 Å². The Labute approximate surface area is 190 Å². The molecule has 3 aliphatic carbocycles. The second kappa shape index (κ2) is 6.26. The van der Waals surface area contributed by atoms with Crippen LogP contribution in [0.1, 0.15) is 36.1 Å². The van der Waals surface area contributed by atoms with E-state index >= 15 is 0 Å². The molecule has 1 heterocycles. The molecule has 1 N–H and O–H groups in total. The van der Waals surface area contributed by atoms with Crippen molar-refractivity contribution >= 4 is 49.6 Å². The third-order valence-electron chi connectivity index (χ3n) is 6.78. The summed E-state index contributed by atoms with van der Waals surface area (Å²) in [5, 5.41) is 9.83. The van der Waals surface area contributed by atoms with Crippen LogP contribution in [0.15, 0.2) is 48.5 Å². The van der Waals surface area contributed by atoms with Gasteiger partial charge in [-0.3, -0.25) is 14.5 Å². The van der Waals surface area contributed by atoms with Crippen molar-refractivity contribution in [3.05, 3.63) is 70.8 Å². The van der Waals surface area contributed by atoms with Gasteiger partial charge in [0.15, 0.2) is 0 Å². The largest absolute Gasteiger partial charge is 0.480 e. The highest BCUT2D eigenvalue weighted by Crippen LogP contribution is 2.70. The van der Waals surface area contributed by atoms with E-state index < -0.39 is 50.2 Å². The number of carbonyl (C=O) groups excluding carboxylic acids is 2. The molecule has 2 amide bonds. The number of likely N-dealkylation sites (tertiary alicyclic amines) is 1. The first-order valence-electron chi connectivity index (χ1n) is 9.84. The molecule has 3 atom stereocenters. The van der Waals surface area contributed by atoms with E-state index in [1.807, 2.05) is 48.5 Å². The van der Waals surface area contributed by atoms with Gasteiger partial charge >= 0.3 is 5.97 Å². The van der Waals surface area contributed by atoms with Crippen LogP contribution < -0.4 is 0 Å². The molecule has 0 radical (unpaired) electrons. The maximum absolute atomic E-state index is 13.7. The number of nitrogens with zero attached hydrogens (tertiary/aromatic N) is 1. The van der Waals surface area contributed by atoms with Crippen LogP contribution in [0.5, 0.6) is 0 Å². The molecule has 30 heavy (non-hydrogen) atoms. The van der Waals surface area contributed by atoms with Gasteiger partial charge in [-0.05, 0) is 28.2 Å². The molecule has 154 valence electrons. The summed E-state index contributed by atoms with van der Waals surface area (Å²) in [6.45, 7) is 3.43. The molecular formula is C23H19Br2NO4. The third-order valence-corrected chi connectivity index (χ3v) is 9.48. The van der Waals surface area contributed by atoms with Crippen LogP contribution in [-0.4, -0.2) is 33.8 Å². The summed E-state index contributed by atoms with van der Waals surface area (Å²) in [6, 6.07) is 14.4. The van der Waals surface area contributed by atoms with Gasteiger partial charge in [0, 0.05) is 0 Å². The number of benzene rings is 2. The number of aliphatic carboxylic acids is 1. The summed E-state index contributed by atoms with van der Waals surface area (Å²) in [5.41, 5.74) is 3.73. The molecule has 0 spiro atoms. The Morgan fingerprint density at radius 1 is 0.867 bits per heavy atom. The number of carboxylic acids is 1. The lowest BCUT2D eigenvalue weighted by Crippen LogP contribution is -2.56. The highest BCUT2D eigenvalue weighted by atomic mass is 79.9. The summed E-state index contributed by atoms with van der Waals surface area (Å²) in [6.07, 6.45) is 0. The number of halogens is 2. The highest BCUT2D eigenvalue weighted by molar-refractivity contribution is 9.10. The van der Waals surface area contributed by atoms with Gasteiger partial charge < -0.3 is 5.11 Å². The second-order valence-electron chi connectivity index (χ2n) is 8.54. The lowest BCUT2D eigenvalue weighted by Gasteiger charge is -2.55. The van der Waals surface area contributed by atoms with Gasteiger partial charge in [0.2, 0.25) is 11.8 Å². The smallest absolute Gasteiger partial charge is 0.327 e. The summed E-state index contributed by atoms with van der Waals surface area (Å²) < 4.78 is -1.80. The predicted octanol–water partition coefficient (Wildman–Crippen LogP) is 4.00. The fraction of sp³-hybridized carbons (Fsp3) is 0.348. The summed E-state index contributed by atoms with van der Waals surface area (Å²) in [4.78, 5) is 40.5. The number of alkyl halides is 2. The summed E-state index contributed by atoms with van der Waals surface area (Å²) in [7, 11) is 0. The second-order valence-corrected chi connectivity index (χ2v) is 11.0. The van der Waals surface area contributed by atoms with Gasteiger partial charge in [-0.15, -0.1) is 0 Å². The number of rotatable bonds is 3. The molecular weight excluding hydrogens is 514 g/mol. The Balaban J connectivity index is 1.82. The van der Waals surface area contributed by atoms with Gasteiger partial charge in [-0.1, -0.05) is 94.2 Å². The molecule has 6 rings (SSSR count). The monoisotopic (exact) mass is 531 g/mol. The van der Waals surface area contributed by atoms with Crippen LogP contribution in [0.25, 0.3) is 0 Å². The molecule has 0 unspecified atom stereocenters. The third kappa shape index (κ3) is 2.10. The number of hydrogen-bond acceptors (Lipinski definition) is 3. The molecule has 4 aliphatic rings. The standard InChI is InChI=1S/C23H19Br2NO4/c1-11(2)18(21(29)30)26-19(27)16-17(20(26)28)23(25)13-8-4-3-7-12(13)22(16,24)14-9-5-6-10-15(14)23/h3-11,16-18H,1-2H3,(H,29,30)/t16-,17-,18-,22?,23?/m1/s1. The molecule has 2 aromatic carbocycles.